The van der Waals surface area contributed by atoms with E-state index in [9.17, 15) is 9.18 Å². The Morgan fingerprint density at radius 1 is 1.10 bits per heavy atom. The standard InChI is InChI=1S/C15H14FN3O/c16-12-3-1-11(2-4-12)15(7-8-15)19-14(20)18-13-5-9-17-10-6-13/h1-6,9-10H,7-8H2,(H2,17,18,19,20). The third kappa shape index (κ3) is 2.61. The molecule has 102 valence electrons. The van der Waals surface area contributed by atoms with E-state index < -0.39 is 0 Å². The molecule has 4 nitrogen and oxygen atoms in total. The van der Waals surface area contributed by atoms with Crippen molar-refractivity contribution in [3.63, 3.8) is 0 Å². The third-order valence-electron chi connectivity index (χ3n) is 3.44. The van der Waals surface area contributed by atoms with Gasteiger partial charge in [0.1, 0.15) is 5.82 Å². The molecule has 0 saturated heterocycles. The van der Waals surface area contributed by atoms with E-state index in [1.165, 1.54) is 12.1 Å². The number of urea groups is 1. The molecule has 1 aromatic heterocycles. The zero-order valence-electron chi connectivity index (χ0n) is 10.8. The lowest BCUT2D eigenvalue weighted by Gasteiger charge is -2.18. The summed E-state index contributed by atoms with van der Waals surface area (Å²) >= 11 is 0. The van der Waals surface area contributed by atoms with Gasteiger partial charge in [-0.05, 0) is 42.7 Å². The van der Waals surface area contributed by atoms with Gasteiger partial charge in [0.15, 0.2) is 0 Å². The van der Waals surface area contributed by atoms with Crippen molar-refractivity contribution < 1.29 is 9.18 Å². The number of hydrogen-bond acceptors (Lipinski definition) is 2. The minimum absolute atomic E-state index is 0.266. The summed E-state index contributed by atoms with van der Waals surface area (Å²) in [6, 6.07) is 9.44. The lowest BCUT2D eigenvalue weighted by molar-refractivity contribution is 0.247. The van der Waals surface area contributed by atoms with Crippen LogP contribution in [-0.4, -0.2) is 11.0 Å². The number of aromatic nitrogens is 1. The van der Waals surface area contributed by atoms with Crippen molar-refractivity contribution in [1.29, 1.82) is 0 Å². The number of pyridine rings is 1. The second kappa shape index (κ2) is 4.92. The number of benzene rings is 1. The molecule has 1 aliphatic carbocycles. The minimum Gasteiger partial charge on any atom is -0.328 e. The molecule has 0 radical (unpaired) electrons. The molecule has 0 bridgehead atoms. The van der Waals surface area contributed by atoms with E-state index in [1.54, 1.807) is 36.7 Å². The first kappa shape index (κ1) is 12.6. The summed E-state index contributed by atoms with van der Waals surface area (Å²) < 4.78 is 12.9. The van der Waals surface area contributed by atoms with Crippen LogP contribution in [0.1, 0.15) is 18.4 Å². The van der Waals surface area contributed by atoms with Crippen LogP contribution in [0, 0.1) is 5.82 Å². The van der Waals surface area contributed by atoms with Crippen LogP contribution in [0.5, 0.6) is 0 Å². The molecule has 0 unspecified atom stereocenters. The fourth-order valence-electron chi connectivity index (χ4n) is 2.19. The summed E-state index contributed by atoms with van der Waals surface area (Å²) in [6.07, 6.45) is 4.95. The first-order chi connectivity index (χ1) is 9.68. The molecule has 3 rings (SSSR count). The molecule has 2 amide bonds. The van der Waals surface area contributed by atoms with Gasteiger partial charge in [0.2, 0.25) is 0 Å². The number of nitrogens with one attached hydrogen (secondary N) is 2. The topological polar surface area (TPSA) is 54.0 Å². The van der Waals surface area contributed by atoms with Crippen LogP contribution in [-0.2, 0) is 5.54 Å². The van der Waals surface area contributed by atoms with Crippen LogP contribution >= 0.6 is 0 Å². The highest BCUT2D eigenvalue weighted by Gasteiger charge is 2.45. The molecule has 1 saturated carbocycles. The molecule has 0 aliphatic heterocycles. The van der Waals surface area contributed by atoms with Gasteiger partial charge in [0, 0.05) is 18.1 Å². The van der Waals surface area contributed by atoms with Crippen molar-refractivity contribution in [2.75, 3.05) is 5.32 Å². The maximum atomic E-state index is 12.9. The number of nitrogens with zero attached hydrogens (tertiary/aromatic N) is 1. The van der Waals surface area contributed by atoms with Crippen molar-refractivity contribution in [1.82, 2.24) is 10.3 Å². The molecule has 1 heterocycles. The quantitative estimate of drug-likeness (QED) is 0.901. The van der Waals surface area contributed by atoms with E-state index in [-0.39, 0.29) is 17.4 Å². The Balaban J connectivity index is 1.68. The Bertz CT molecular complexity index is 609. The largest absolute Gasteiger partial charge is 0.328 e. The van der Waals surface area contributed by atoms with Gasteiger partial charge in [-0.3, -0.25) is 4.98 Å². The number of amides is 2. The highest BCUT2D eigenvalue weighted by Crippen LogP contribution is 2.45. The van der Waals surface area contributed by atoms with Gasteiger partial charge in [-0.25, -0.2) is 9.18 Å². The average molecular weight is 271 g/mol. The zero-order valence-corrected chi connectivity index (χ0v) is 10.8. The fourth-order valence-corrected chi connectivity index (χ4v) is 2.19. The maximum absolute atomic E-state index is 12.9. The summed E-state index contributed by atoms with van der Waals surface area (Å²) in [7, 11) is 0. The number of carbonyl (C=O) groups is 1. The van der Waals surface area contributed by atoms with E-state index in [1.807, 2.05) is 0 Å². The average Bonchev–Trinajstić information content (AvgIpc) is 3.21. The summed E-state index contributed by atoms with van der Waals surface area (Å²) in [5.74, 6) is -0.272. The molecule has 0 spiro atoms. The van der Waals surface area contributed by atoms with Gasteiger partial charge in [-0.2, -0.15) is 0 Å². The maximum Gasteiger partial charge on any atom is 0.319 e. The van der Waals surface area contributed by atoms with Crippen molar-refractivity contribution in [3.8, 4) is 0 Å². The van der Waals surface area contributed by atoms with Crippen LogP contribution in [0.25, 0.3) is 0 Å². The molecule has 1 aliphatic rings. The monoisotopic (exact) mass is 271 g/mol. The van der Waals surface area contributed by atoms with Crippen molar-refractivity contribution in [3.05, 3.63) is 60.2 Å². The lowest BCUT2D eigenvalue weighted by Crippen LogP contribution is -2.38. The van der Waals surface area contributed by atoms with E-state index >= 15 is 0 Å². The summed E-state index contributed by atoms with van der Waals surface area (Å²) in [6.45, 7) is 0. The van der Waals surface area contributed by atoms with Crippen LogP contribution < -0.4 is 10.6 Å². The predicted molar refractivity (Wildman–Crippen MR) is 73.7 cm³/mol. The molecule has 0 atom stereocenters. The Kier molecular flexibility index (Phi) is 3.10. The first-order valence-corrected chi connectivity index (χ1v) is 6.43. The summed E-state index contributed by atoms with van der Waals surface area (Å²) in [4.78, 5) is 15.9. The molecular weight excluding hydrogens is 257 g/mol. The fraction of sp³-hybridized carbons (Fsp3) is 0.200. The smallest absolute Gasteiger partial charge is 0.319 e. The lowest BCUT2D eigenvalue weighted by atomic mass is 10.1. The number of rotatable bonds is 3. The Morgan fingerprint density at radius 3 is 2.35 bits per heavy atom. The number of hydrogen-bond donors (Lipinski definition) is 2. The Labute approximate surface area is 116 Å². The van der Waals surface area contributed by atoms with E-state index in [0.29, 0.717) is 5.69 Å². The second-order valence-electron chi connectivity index (χ2n) is 4.90. The van der Waals surface area contributed by atoms with Crippen LogP contribution in [0.15, 0.2) is 48.8 Å². The number of halogens is 1. The van der Waals surface area contributed by atoms with Crippen molar-refractivity contribution in [2.45, 2.75) is 18.4 Å². The second-order valence-corrected chi connectivity index (χ2v) is 4.90. The van der Waals surface area contributed by atoms with Crippen LogP contribution in [0.3, 0.4) is 0 Å². The normalized spacial score (nSPS) is 15.4. The van der Waals surface area contributed by atoms with Crippen LogP contribution in [0.2, 0.25) is 0 Å². The molecule has 1 fully saturated rings. The van der Waals surface area contributed by atoms with Crippen molar-refractivity contribution in [2.24, 2.45) is 0 Å². The van der Waals surface area contributed by atoms with E-state index in [0.717, 1.165) is 18.4 Å². The Morgan fingerprint density at radius 2 is 1.75 bits per heavy atom. The zero-order chi connectivity index (χ0) is 14.0. The predicted octanol–water partition coefficient (Wildman–Crippen LogP) is 3.03. The molecular formula is C15H14FN3O. The number of anilines is 1. The highest BCUT2D eigenvalue weighted by atomic mass is 19.1. The Hall–Kier alpha value is -2.43. The van der Waals surface area contributed by atoms with Gasteiger partial charge < -0.3 is 10.6 Å². The highest BCUT2D eigenvalue weighted by molar-refractivity contribution is 5.90. The molecule has 2 N–H and O–H groups in total. The van der Waals surface area contributed by atoms with Gasteiger partial charge in [-0.1, -0.05) is 12.1 Å². The summed E-state index contributed by atoms with van der Waals surface area (Å²) in [5, 5.41) is 5.71. The van der Waals surface area contributed by atoms with Gasteiger partial charge >= 0.3 is 6.03 Å². The molecule has 2 aromatic rings. The molecule has 20 heavy (non-hydrogen) atoms. The van der Waals surface area contributed by atoms with Crippen LogP contribution in [0.4, 0.5) is 14.9 Å². The summed E-state index contributed by atoms with van der Waals surface area (Å²) in [5.41, 5.74) is 1.27. The van der Waals surface area contributed by atoms with E-state index in [4.69, 9.17) is 0 Å². The number of carbonyl (C=O) groups excluding carboxylic acids is 1. The first-order valence-electron chi connectivity index (χ1n) is 6.43. The van der Waals surface area contributed by atoms with Crippen molar-refractivity contribution >= 4 is 11.7 Å². The van der Waals surface area contributed by atoms with E-state index in [2.05, 4.69) is 15.6 Å². The minimum atomic E-state index is -0.356. The van der Waals surface area contributed by atoms with Gasteiger partial charge in [0.25, 0.3) is 0 Å². The van der Waals surface area contributed by atoms with Gasteiger partial charge in [0.05, 0.1) is 5.54 Å². The SMILES string of the molecule is O=C(Nc1ccncc1)NC1(c2ccc(F)cc2)CC1. The molecule has 1 aromatic carbocycles. The van der Waals surface area contributed by atoms with Gasteiger partial charge in [-0.15, -0.1) is 0 Å². The third-order valence-corrected chi connectivity index (χ3v) is 3.44. The molecule has 5 heteroatoms.